The number of aryl methyl sites for hydroxylation is 1. The van der Waals surface area contributed by atoms with Crippen molar-refractivity contribution in [2.75, 3.05) is 5.32 Å². The van der Waals surface area contributed by atoms with Crippen LogP contribution < -0.4 is 5.32 Å². The lowest BCUT2D eigenvalue weighted by Gasteiger charge is -2.09. The van der Waals surface area contributed by atoms with Crippen molar-refractivity contribution in [3.8, 4) is 0 Å². The Morgan fingerprint density at radius 2 is 1.91 bits per heavy atom. The number of hydrogen-bond acceptors (Lipinski definition) is 2. The first-order valence-corrected chi connectivity index (χ1v) is 7.25. The van der Waals surface area contributed by atoms with Crippen molar-refractivity contribution in [1.82, 2.24) is 9.78 Å². The van der Waals surface area contributed by atoms with Gasteiger partial charge in [0, 0.05) is 22.1 Å². The maximum atomic E-state index is 13.8. The van der Waals surface area contributed by atoms with E-state index in [2.05, 4.69) is 42.3 Å². The van der Waals surface area contributed by atoms with E-state index in [1.807, 2.05) is 0 Å². The molecule has 118 valence electrons. The van der Waals surface area contributed by atoms with Crippen LogP contribution in [0.25, 0.3) is 0 Å². The fourth-order valence-electron chi connectivity index (χ4n) is 1.66. The van der Waals surface area contributed by atoms with Gasteiger partial charge in [-0.2, -0.15) is 18.3 Å². The number of aromatic nitrogens is 2. The number of carbonyl (C=O) groups is 1. The second-order valence-corrected chi connectivity index (χ2v) is 6.00. The molecule has 0 saturated heterocycles. The van der Waals surface area contributed by atoms with Gasteiger partial charge in [0.15, 0.2) is 5.69 Å². The fraction of sp³-hybridized carbons (Fsp3) is 0.167. The van der Waals surface area contributed by atoms with Crippen LogP contribution in [0.15, 0.2) is 27.1 Å². The van der Waals surface area contributed by atoms with Crippen molar-refractivity contribution < 1.29 is 22.4 Å². The van der Waals surface area contributed by atoms with Gasteiger partial charge < -0.3 is 5.32 Å². The Morgan fingerprint density at radius 1 is 1.27 bits per heavy atom. The van der Waals surface area contributed by atoms with Gasteiger partial charge >= 0.3 is 6.18 Å². The van der Waals surface area contributed by atoms with E-state index in [1.165, 1.54) is 13.1 Å². The van der Waals surface area contributed by atoms with Crippen molar-refractivity contribution in [3.05, 3.63) is 44.3 Å². The van der Waals surface area contributed by atoms with E-state index < -0.39 is 23.6 Å². The lowest BCUT2D eigenvalue weighted by molar-refractivity contribution is -0.141. The molecule has 1 aromatic heterocycles. The Balaban J connectivity index is 2.33. The molecule has 22 heavy (non-hydrogen) atoms. The topological polar surface area (TPSA) is 46.9 Å². The number of rotatable bonds is 2. The first-order valence-electron chi connectivity index (χ1n) is 5.66. The molecule has 2 rings (SSSR count). The van der Waals surface area contributed by atoms with Crippen LogP contribution in [0.5, 0.6) is 0 Å². The van der Waals surface area contributed by atoms with Crippen LogP contribution >= 0.6 is 31.9 Å². The third-order valence-corrected chi connectivity index (χ3v) is 3.73. The zero-order valence-electron chi connectivity index (χ0n) is 10.8. The van der Waals surface area contributed by atoms with Gasteiger partial charge in [-0.05, 0) is 28.1 Å². The summed E-state index contributed by atoms with van der Waals surface area (Å²) in [7, 11) is 1.19. The summed E-state index contributed by atoms with van der Waals surface area (Å²) >= 11 is 6.14. The Labute approximate surface area is 138 Å². The molecule has 1 N–H and O–H groups in total. The van der Waals surface area contributed by atoms with Gasteiger partial charge in [-0.3, -0.25) is 9.48 Å². The highest BCUT2D eigenvalue weighted by Gasteiger charge is 2.35. The third kappa shape index (κ3) is 3.49. The van der Waals surface area contributed by atoms with Crippen molar-refractivity contribution >= 4 is 43.5 Å². The minimum Gasteiger partial charge on any atom is -0.317 e. The summed E-state index contributed by atoms with van der Waals surface area (Å²) in [5.74, 6) is -1.65. The molecule has 0 bridgehead atoms. The Kier molecular flexibility index (Phi) is 4.62. The molecule has 4 nitrogen and oxygen atoms in total. The summed E-state index contributed by atoms with van der Waals surface area (Å²) in [6.07, 6.45) is -4.67. The number of benzene rings is 1. The molecule has 1 heterocycles. The van der Waals surface area contributed by atoms with Crippen molar-refractivity contribution in [3.63, 3.8) is 0 Å². The van der Waals surface area contributed by atoms with Crippen LogP contribution in [0.4, 0.5) is 23.2 Å². The van der Waals surface area contributed by atoms with Gasteiger partial charge in [0.25, 0.3) is 5.91 Å². The smallest absolute Gasteiger partial charge is 0.317 e. The van der Waals surface area contributed by atoms with E-state index in [4.69, 9.17) is 0 Å². The van der Waals surface area contributed by atoms with Gasteiger partial charge in [-0.25, -0.2) is 4.39 Å². The van der Waals surface area contributed by atoms with Crippen molar-refractivity contribution in [2.45, 2.75) is 6.18 Å². The first-order chi connectivity index (χ1) is 10.1. The van der Waals surface area contributed by atoms with Crippen LogP contribution in [-0.2, 0) is 13.2 Å². The maximum Gasteiger partial charge on any atom is 0.435 e. The van der Waals surface area contributed by atoms with Crippen LogP contribution in [0, 0.1) is 5.82 Å². The normalized spacial score (nSPS) is 11.6. The molecule has 0 atom stereocenters. The molecule has 1 aromatic carbocycles. The lowest BCUT2D eigenvalue weighted by Crippen LogP contribution is -2.17. The number of hydrogen-bond donors (Lipinski definition) is 1. The van der Waals surface area contributed by atoms with Gasteiger partial charge in [0.1, 0.15) is 11.5 Å². The highest BCUT2D eigenvalue weighted by atomic mass is 79.9. The molecule has 0 aliphatic carbocycles. The van der Waals surface area contributed by atoms with Gasteiger partial charge in [0.2, 0.25) is 0 Å². The highest BCUT2D eigenvalue weighted by molar-refractivity contribution is 9.11. The number of halogens is 6. The number of amides is 1. The monoisotopic (exact) mass is 443 g/mol. The average molecular weight is 445 g/mol. The number of alkyl halides is 3. The molecule has 0 fully saturated rings. The fourth-order valence-corrected chi connectivity index (χ4v) is 2.93. The van der Waals surface area contributed by atoms with Crippen molar-refractivity contribution in [2.24, 2.45) is 7.05 Å². The average Bonchev–Trinajstić information content (AvgIpc) is 2.75. The minimum absolute atomic E-state index is 0.178. The number of nitrogens with one attached hydrogen (secondary N) is 1. The number of anilines is 1. The first kappa shape index (κ1) is 16.9. The van der Waals surface area contributed by atoms with E-state index in [0.717, 1.165) is 10.7 Å². The van der Waals surface area contributed by atoms with Crippen LogP contribution in [0.2, 0.25) is 0 Å². The largest absolute Gasteiger partial charge is 0.435 e. The van der Waals surface area contributed by atoms with Crippen LogP contribution in [0.3, 0.4) is 0 Å². The van der Waals surface area contributed by atoms with Gasteiger partial charge in [-0.15, -0.1) is 0 Å². The van der Waals surface area contributed by atoms with Gasteiger partial charge in [-0.1, -0.05) is 15.9 Å². The van der Waals surface area contributed by atoms with E-state index in [0.29, 0.717) is 10.5 Å². The molecule has 0 aliphatic heterocycles. The quantitative estimate of drug-likeness (QED) is 0.700. The summed E-state index contributed by atoms with van der Waals surface area (Å²) < 4.78 is 53.0. The zero-order valence-corrected chi connectivity index (χ0v) is 14.0. The van der Waals surface area contributed by atoms with E-state index in [9.17, 15) is 22.4 Å². The summed E-state index contributed by atoms with van der Waals surface area (Å²) in [6, 6.07) is 3.20. The molecule has 0 saturated carbocycles. The number of carbonyl (C=O) groups excluding carboxylic acids is 1. The zero-order chi connectivity index (χ0) is 16.7. The molecule has 0 spiro atoms. The predicted molar refractivity (Wildman–Crippen MR) is 78.0 cm³/mol. The Morgan fingerprint density at radius 3 is 2.41 bits per heavy atom. The highest BCUT2D eigenvalue weighted by Crippen LogP contribution is 2.31. The second kappa shape index (κ2) is 5.99. The summed E-state index contributed by atoms with van der Waals surface area (Å²) in [4.78, 5) is 12.0. The SMILES string of the molecule is Cn1nc(C(F)(F)F)cc1C(=O)Nc1c(F)cc(Br)cc1Br. The lowest BCUT2D eigenvalue weighted by atomic mass is 10.2. The Hall–Kier alpha value is -1.42. The third-order valence-electron chi connectivity index (χ3n) is 2.65. The molecule has 1 amide bonds. The molecule has 10 heteroatoms. The van der Waals surface area contributed by atoms with Crippen LogP contribution in [-0.4, -0.2) is 15.7 Å². The molecular formula is C12H7Br2F4N3O. The van der Waals surface area contributed by atoms with E-state index >= 15 is 0 Å². The van der Waals surface area contributed by atoms with Gasteiger partial charge in [0.05, 0.1) is 5.69 Å². The van der Waals surface area contributed by atoms with Crippen molar-refractivity contribution in [1.29, 1.82) is 0 Å². The van der Waals surface area contributed by atoms with E-state index in [1.54, 1.807) is 0 Å². The molecule has 0 aliphatic rings. The number of nitrogens with zero attached hydrogens (tertiary/aromatic N) is 2. The predicted octanol–water partition coefficient (Wildman–Crippen LogP) is 4.36. The van der Waals surface area contributed by atoms with Crippen LogP contribution in [0.1, 0.15) is 16.2 Å². The minimum atomic E-state index is -4.67. The van der Waals surface area contributed by atoms with E-state index in [-0.39, 0.29) is 15.9 Å². The Bertz CT molecular complexity index is 719. The summed E-state index contributed by atoms with van der Waals surface area (Å²) in [6.45, 7) is 0. The standard InChI is InChI=1S/C12H7Br2F4N3O/c1-21-8(4-9(20-21)12(16,17)18)11(22)19-10-6(14)2-5(13)3-7(10)15/h2-4H,1H3,(H,19,22). The molecular weight excluding hydrogens is 438 g/mol. The molecule has 2 aromatic rings. The maximum absolute atomic E-state index is 13.8. The summed E-state index contributed by atoms with van der Waals surface area (Å²) in [5.41, 5.74) is -1.72. The molecule has 0 radical (unpaired) electrons. The molecule has 0 unspecified atom stereocenters. The second-order valence-electron chi connectivity index (χ2n) is 4.23. The summed E-state index contributed by atoms with van der Waals surface area (Å²) in [5, 5.41) is 5.44.